The third-order valence-corrected chi connectivity index (χ3v) is 6.26. The number of pyridine rings is 1. The van der Waals surface area contributed by atoms with E-state index in [-0.39, 0.29) is 12.5 Å². The minimum Gasteiger partial charge on any atom is -0.347 e. The third-order valence-electron chi connectivity index (χ3n) is 6.26. The number of aliphatic imine (C=N–C) groups is 1. The topological polar surface area (TPSA) is 70.7 Å². The Morgan fingerprint density at radius 1 is 1.25 bits per heavy atom. The lowest BCUT2D eigenvalue weighted by Crippen LogP contribution is -2.46. The van der Waals surface area contributed by atoms with Crippen LogP contribution in [0.5, 0.6) is 0 Å². The van der Waals surface area contributed by atoms with E-state index in [2.05, 4.69) is 25.4 Å². The van der Waals surface area contributed by atoms with Crippen molar-refractivity contribution in [3.8, 4) is 11.1 Å². The molecule has 0 bridgehead atoms. The fraction of sp³-hybridized carbons (Fsp3) is 0.455. The summed E-state index contributed by atoms with van der Waals surface area (Å²) in [5.74, 6) is 0.438. The van der Waals surface area contributed by atoms with Crippen LogP contribution in [0.3, 0.4) is 0 Å². The number of likely N-dealkylation sites (tertiary alicyclic amines) is 1. The first-order valence-electron chi connectivity index (χ1n) is 10.7. The lowest BCUT2D eigenvalue weighted by molar-refractivity contribution is 0.135. The van der Waals surface area contributed by atoms with Crippen molar-refractivity contribution in [1.29, 1.82) is 0 Å². The highest BCUT2D eigenvalue weighted by atomic mass is 19.3. The van der Waals surface area contributed by atoms with Crippen LogP contribution >= 0.6 is 0 Å². The first kappa shape index (κ1) is 20.9. The summed E-state index contributed by atoms with van der Waals surface area (Å²) in [4.78, 5) is 15.1. The Hall–Kier alpha value is -3.01. The van der Waals surface area contributed by atoms with Crippen LogP contribution in [0.4, 0.5) is 24.9 Å². The van der Waals surface area contributed by atoms with E-state index in [4.69, 9.17) is 0 Å². The molecule has 5 rings (SSSR count). The minimum atomic E-state index is -2.41. The van der Waals surface area contributed by atoms with Crippen LogP contribution < -0.4 is 5.32 Å². The van der Waals surface area contributed by atoms with E-state index in [1.54, 1.807) is 30.0 Å². The fourth-order valence-electron chi connectivity index (χ4n) is 4.51. The number of rotatable bonds is 5. The average Bonchev–Trinajstić information content (AvgIpc) is 3.30. The molecule has 32 heavy (non-hydrogen) atoms. The Labute approximate surface area is 183 Å². The van der Waals surface area contributed by atoms with Gasteiger partial charge in [0.15, 0.2) is 5.82 Å². The highest BCUT2D eigenvalue weighted by molar-refractivity contribution is 5.96. The van der Waals surface area contributed by atoms with Crippen LogP contribution in [-0.2, 0) is 0 Å². The molecule has 1 unspecified atom stereocenters. The van der Waals surface area contributed by atoms with Gasteiger partial charge < -0.3 is 10.2 Å². The molecule has 0 aliphatic carbocycles. The van der Waals surface area contributed by atoms with Crippen LogP contribution in [0.2, 0.25) is 0 Å². The second-order valence-electron chi connectivity index (χ2n) is 8.53. The summed E-state index contributed by atoms with van der Waals surface area (Å²) in [5, 5.41) is 7.59. The van der Waals surface area contributed by atoms with Crippen molar-refractivity contribution in [2.24, 2.45) is 4.99 Å². The van der Waals surface area contributed by atoms with Gasteiger partial charge in [0.25, 0.3) is 0 Å². The van der Waals surface area contributed by atoms with E-state index in [1.165, 1.54) is 0 Å². The van der Waals surface area contributed by atoms with E-state index < -0.39 is 18.5 Å². The average molecular weight is 443 g/mol. The summed E-state index contributed by atoms with van der Waals surface area (Å²) in [6.07, 6.45) is 2.17. The number of alkyl halides is 3. The van der Waals surface area contributed by atoms with Gasteiger partial charge in [-0.1, -0.05) is 0 Å². The molecule has 0 saturated carbocycles. The monoisotopic (exact) mass is 443 g/mol. The second-order valence-corrected chi connectivity index (χ2v) is 8.53. The number of hydrogen-bond donors (Lipinski definition) is 1. The van der Waals surface area contributed by atoms with Crippen molar-refractivity contribution in [3.63, 3.8) is 0 Å². The first-order chi connectivity index (χ1) is 15.4. The summed E-state index contributed by atoms with van der Waals surface area (Å²) in [6, 6.07) is 3.44. The maximum Gasteiger partial charge on any atom is 0.241 e. The predicted octanol–water partition coefficient (Wildman–Crippen LogP) is 4.09. The lowest BCUT2D eigenvalue weighted by Gasteiger charge is -2.32. The second kappa shape index (κ2) is 8.16. The van der Waals surface area contributed by atoms with Gasteiger partial charge in [-0.05, 0) is 32.5 Å². The van der Waals surface area contributed by atoms with Crippen molar-refractivity contribution >= 4 is 23.0 Å². The molecule has 1 N–H and O–H groups in total. The summed E-state index contributed by atoms with van der Waals surface area (Å²) >= 11 is 0. The van der Waals surface area contributed by atoms with Gasteiger partial charge in [0.1, 0.15) is 6.17 Å². The van der Waals surface area contributed by atoms with Crippen molar-refractivity contribution in [3.05, 3.63) is 36.3 Å². The van der Waals surface area contributed by atoms with E-state index in [0.29, 0.717) is 30.4 Å². The van der Waals surface area contributed by atoms with Gasteiger partial charge in [0, 0.05) is 60.2 Å². The summed E-state index contributed by atoms with van der Waals surface area (Å²) < 4.78 is 42.1. The number of fused-ring (bicyclic) bond motifs is 2. The number of nitrogens with zero attached hydrogens (tertiary/aromatic N) is 6. The molecule has 7 nitrogen and oxygen atoms in total. The van der Waals surface area contributed by atoms with Gasteiger partial charge in [0.05, 0.1) is 17.8 Å². The Bertz CT molecular complexity index is 1180. The number of piperidine rings is 1. The van der Waals surface area contributed by atoms with Gasteiger partial charge in [0.2, 0.25) is 12.4 Å². The first-order valence-corrected chi connectivity index (χ1v) is 10.7. The molecule has 0 spiro atoms. The maximum absolute atomic E-state index is 14.3. The molecule has 2 aliphatic rings. The number of halogens is 3. The van der Waals surface area contributed by atoms with Gasteiger partial charge in [-0.25, -0.2) is 32.6 Å². The quantitative estimate of drug-likeness (QED) is 0.643. The Morgan fingerprint density at radius 3 is 2.88 bits per heavy atom. The van der Waals surface area contributed by atoms with Crippen LogP contribution in [0.15, 0.2) is 35.7 Å². The minimum absolute atomic E-state index is 0.269. The molecule has 1 fully saturated rings. The maximum atomic E-state index is 14.3. The van der Waals surface area contributed by atoms with Crippen LogP contribution in [0, 0.1) is 0 Å². The fourth-order valence-corrected chi connectivity index (χ4v) is 4.51. The number of aromatic nitrogens is 4. The largest absolute Gasteiger partial charge is 0.347 e. The molecular formula is C22H24F3N7. The molecule has 168 valence electrons. The van der Waals surface area contributed by atoms with Crippen LogP contribution in [0.1, 0.15) is 31.2 Å². The number of nitrogens with one attached hydrogen (secondary N) is 1. The Morgan fingerprint density at radius 2 is 2.09 bits per heavy atom. The molecule has 0 amide bonds. The van der Waals surface area contributed by atoms with Crippen molar-refractivity contribution in [2.75, 3.05) is 25.5 Å². The number of hydrogen-bond acceptors (Lipinski definition) is 6. The molecule has 5 heterocycles. The Balaban J connectivity index is 1.41. The van der Waals surface area contributed by atoms with E-state index in [0.717, 1.165) is 28.8 Å². The molecule has 0 radical (unpaired) electrons. The molecule has 10 heteroatoms. The predicted molar refractivity (Wildman–Crippen MR) is 117 cm³/mol. The Kier molecular flexibility index (Phi) is 5.32. The molecule has 1 saturated heterocycles. The molecule has 3 atom stereocenters. The van der Waals surface area contributed by atoms with E-state index in [1.807, 2.05) is 24.1 Å². The summed E-state index contributed by atoms with van der Waals surface area (Å²) in [6.45, 7) is 2.96. The third kappa shape index (κ3) is 3.83. The highest BCUT2D eigenvalue weighted by Crippen LogP contribution is 2.39. The van der Waals surface area contributed by atoms with Crippen molar-refractivity contribution in [2.45, 2.75) is 44.3 Å². The zero-order chi connectivity index (χ0) is 22.4. The lowest BCUT2D eigenvalue weighted by atomic mass is 9.93. The normalized spacial score (nSPS) is 23.6. The number of anilines is 1. The summed E-state index contributed by atoms with van der Waals surface area (Å²) in [7, 11) is 1.91. The zero-order valence-electron chi connectivity index (χ0n) is 17.8. The van der Waals surface area contributed by atoms with Crippen molar-refractivity contribution < 1.29 is 13.2 Å². The van der Waals surface area contributed by atoms with Gasteiger partial charge in [-0.3, -0.25) is 0 Å². The van der Waals surface area contributed by atoms with Crippen molar-refractivity contribution in [1.82, 2.24) is 24.5 Å². The van der Waals surface area contributed by atoms with Gasteiger partial charge in [-0.2, -0.15) is 0 Å². The zero-order valence-corrected chi connectivity index (χ0v) is 17.8. The molecule has 3 aromatic rings. The van der Waals surface area contributed by atoms with Gasteiger partial charge >= 0.3 is 0 Å². The van der Waals surface area contributed by atoms with Gasteiger partial charge in [-0.15, -0.1) is 5.10 Å². The molecule has 3 aromatic heterocycles. The smallest absolute Gasteiger partial charge is 0.241 e. The van der Waals surface area contributed by atoms with E-state index >= 15 is 0 Å². The molecule has 0 aromatic carbocycles. The molecular weight excluding hydrogens is 419 g/mol. The molecule has 2 aliphatic heterocycles. The standard InChI is InChI=1S/C22H24F3N7/c1-12-15(8-20(24)25)16-7-13(9-26-21(16)28-12)14-3-6-32-19(14)10-27-22(30-32)29-18-4-5-31(2)11-17(18)23/h3,6-7,9-10,15,17-18,20H,4-5,8,11H2,1-2H3,(H,29,30)/t15?,17-,18-/m0/s1. The highest BCUT2D eigenvalue weighted by Gasteiger charge is 2.30. The van der Waals surface area contributed by atoms with Crippen LogP contribution in [0.25, 0.3) is 16.6 Å². The van der Waals surface area contributed by atoms with Crippen LogP contribution in [-0.4, -0.2) is 69.0 Å². The van der Waals surface area contributed by atoms with E-state index in [9.17, 15) is 13.2 Å². The summed E-state index contributed by atoms with van der Waals surface area (Å²) in [5.41, 5.74) is 3.76. The SMILES string of the molecule is CC1=Nc2ncc(-c3ccn4nc(N[C@H]5CCN(C)C[C@@H]5F)ncc34)cc2C1CC(F)F.